The van der Waals surface area contributed by atoms with Crippen LogP contribution >= 0.6 is 0 Å². The molecule has 0 unspecified atom stereocenters. The van der Waals surface area contributed by atoms with E-state index in [-0.39, 0.29) is 18.4 Å². The van der Waals surface area contributed by atoms with Gasteiger partial charge in [-0.3, -0.25) is 4.79 Å². The molecule has 0 saturated carbocycles. The zero-order chi connectivity index (χ0) is 20.5. The number of benzene rings is 2. The molecule has 0 spiro atoms. The van der Waals surface area contributed by atoms with Crippen LogP contribution in [0, 0.1) is 0 Å². The van der Waals surface area contributed by atoms with Crippen LogP contribution in [0.5, 0.6) is 11.5 Å². The van der Waals surface area contributed by atoms with Crippen LogP contribution in [0.3, 0.4) is 0 Å². The van der Waals surface area contributed by atoms with E-state index in [4.69, 9.17) is 14.2 Å². The van der Waals surface area contributed by atoms with Crippen LogP contribution in [0.1, 0.15) is 40.1 Å². The van der Waals surface area contributed by atoms with Crippen LogP contribution in [-0.4, -0.2) is 32.6 Å². The van der Waals surface area contributed by atoms with Gasteiger partial charge in [0.1, 0.15) is 18.1 Å². The highest BCUT2D eigenvalue weighted by molar-refractivity contribution is 6.09. The van der Waals surface area contributed by atoms with Gasteiger partial charge in [-0.2, -0.15) is 0 Å². The maximum absolute atomic E-state index is 12.5. The number of carbonyl (C=O) groups is 2. The minimum Gasteiger partial charge on any atom is -0.497 e. The van der Waals surface area contributed by atoms with E-state index in [0.29, 0.717) is 22.6 Å². The van der Waals surface area contributed by atoms with Gasteiger partial charge in [-0.15, -0.1) is 0 Å². The minimum atomic E-state index is -0.384. The van der Waals surface area contributed by atoms with Crippen LogP contribution in [-0.2, 0) is 4.74 Å². The van der Waals surface area contributed by atoms with E-state index >= 15 is 0 Å². The Morgan fingerprint density at radius 3 is 2.29 bits per heavy atom. The molecule has 0 N–H and O–H groups in total. The second-order valence-corrected chi connectivity index (χ2v) is 6.27. The van der Waals surface area contributed by atoms with E-state index < -0.39 is 0 Å². The third-order valence-corrected chi connectivity index (χ3v) is 3.95. The molecule has 2 aromatic rings. The lowest BCUT2D eigenvalue weighted by Gasteiger charge is -2.08. The Kier molecular flexibility index (Phi) is 7.57. The summed E-state index contributed by atoms with van der Waals surface area (Å²) in [5, 5.41) is 0. The van der Waals surface area contributed by atoms with E-state index in [2.05, 4.69) is 0 Å². The molecule has 2 rings (SSSR count). The number of hydrogen-bond acceptors (Lipinski definition) is 5. The molecule has 5 heteroatoms. The summed E-state index contributed by atoms with van der Waals surface area (Å²) in [6.07, 6.45) is 4.98. The zero-order valence-electron chi connectivity index (χ0n) is 16.5. The molecular weight excluding hydrogens is 356 g/mol. The summed E-state index contributed by atoms with van der Waals surface area (Å²) < 4.78 is 15.6. The van der Waals surface area contributed by atoms with Gasteiger partial charge in [0.05, 0.1) is 25.3 Å². The quantitative estimate of drug-likeness (QED) is 0.287. The fourth-order valence-corrected chi connectivity index (χ4v) is 2.37. The molecule has 0 amide bonds. The number of ketones is 1. The first-order chi connectivity index (χ1) is 13.4. The summed E-state index contributed by atoms with van der Waals surface area (Å²) in [6.45, 7) is 4.13. The highest BCUT2D eigenvalue weighted by Gasteiger charge is 2.11. The van der Waals surface area contributed by atoms with Gasteiger partial charge >= 0.3 is 5.97 Å². The molecule has 5 nitrogen and oxygen atoms in total. The molecule has 0 aliphatic rings. The molecular formula is C23H24O5. The van der Waals surface area contributed by atoms with Crippen molar-refractivity contribution in [1.29, 1.82) is 0 Å². The summed E-state index contributed by atoms with van der Waals surface area (Å²) in [5.41, 5.74) is 2.75. The Morgan fingerprint density at radius 1 is 0.964 bits per heavy atom. The molecule has 0 aromatic heterocycles. The number of hydrogen-bond donors (Lipinski definition) is 0. The van der Waals surface area contributed by atoms with Crippen molar-refractivity contribution in [3.63, 3.8) is 0 Å². The van der Waals surface area contributed by atoms with E-state index in [0.717, 1.165) is 11.1 Å². The van der Waals surface area contributed by atoms with Gasteiger partial charge in [0.2, 0.25) is 0 Å². The zero-order valence-corrected chi connectivity index (χ0v) is 16.5. The Hall–Kier alpha value is -3.34. The topological polar surface area (TPSA) is 61.8 Å². The number of ether oxygens (including phenoxy) is 3. The SMILES string of the molecule is COc1ccc(OC)c(C(=O)/C=C/c2ccc(C(=O)OCC=C(C)C)cc2)c1. The third-order valence-electron chi connectivity index (χ3n) is 3.95. The van der Waals surface area contributed by atoms with Crippen LogP contribution in [0.2, 0.25) is 0 Å². The first kappa shape index (κ1) is 21.0. The fraction of sp³-hybridized carbons (Fsp3) is 0.217. The van der Waals surface area contributed by atoms with Crippen molar-refractivity contribution in [2.24, 2.45) is 0 Å². The predicted molar refractivity (Wildman–Crippen MR) is 109 cm³/mol. The summed E-state index contributed by atoms with van der Waals surface area (Å²) in [5.74, 6) is 0.463. The molecule has 146 valence electrons. The van der Waals surface area contributed by atoms with Gasteiger partial charge in [0.25, 0.3) is 0 Å². The van der Waals surface area contributed by atoms with Crippen molar-refractivity contribution in [2.45, 2.75) is 13.8 Å². The van der Waals surface area contributed by atoms with E-state index in [1.165, 1.54) is 20.3 Å². The molecule has 0 saturated heterocycles. The van der Waals surface area contributed by atoms with Crippen LogP contribution in [0.25, 0.3) is 6.08 Å². The van der Waals surface area contributed by atoms with Crippen LogP contribution in [0.4, 0.5) is 0 Å². The normalized spacial score (nSPS) is 10.4. The number of rotatable bonds is 8. The Balaban J connectivity index is 2.07. The average molecular weight is 380 g/mol. The Labute approximate surface area is 165 Å². The Morgan fingerprint density at radius 2 is 1.68 bits per heavy atom. The highest BCUT2D eigenvalue weighted by atomic mass is 16.5. The average Bonchev–Trinajstić information content (AvgIpc) is 2.71. The lowest BCUT2D eigenvalue weighted by atomic mass is 10.1. The highest BCUT2D eigenvalue weighted by Crippen LogP contribution is 2.25. The van der Waals surface area contributed by atoms with Crippen LogP contribution < -0.4 is 9.47 Å². The maximum atomic E-state index is 12.5. The summed E-state index contributed by atoms with van der Waals surface area (Å²) in [6, 6.07) is 11.9. The largest absolute Gasteiger partial charge is 0.497 e. The molecule has 0 fully saturated rings. The van der Waals surface area contributed by atoms with E-state index in [1.807, 2.05) is 19.9 Å². The first-order valence-electron chi connectivity index (χ1n) is 8.79. The summed E-state index contributed by atoms with van der Waals surface area (Å²) in [4.78, 5) is 24.5. The molecule has 0 atom stereocenters. The van der Waals surface area contributed by atoms with Crippen molar-refractivity contribution < 1.29 is 23.8 Å². The van der Waals surface area contributed by atoms with Gasteiger partial charge in [-0.25, -0.2) is 4.79 Å². The van der Waals surface area contributed by atoms with E-state index in [1.54, 1.807) is 48.5 Å². The second-order valence-electron chi connectivity index (χ2n) is 6.27. The van der Waals surface area contributed by atoms with E-state index in [9.17, 15) is 9.59 Å². The number of esters is 1. The molecule has 28 heavy (non-hydrogen) atoms. The third kappa shape index (κ3) is 5.84. The maximum Gasteiger partial charge on any atom is 0.338 e. The number of carbonyl (C=O) groups excluding carboxylic acids is 2. The van der Waals surface area contributed by atoms with Gasteiger partial charge < -0.3 is 14.2 Å². The minimum absolute atomic E-state index is 0.207. The Bertz CT molecular complexity index is 888. The summed E-state index contributed by atoms with van der Waals surface area (Å²) >= 11 is 0. The molecule has 2 aromatic carbocycles. The van der Waals surface area contributed by atoms with Crippen molar-refractivity contribution in [3.8, 4) is 11.5 Å². The van der Waals surface area contributed by atoms with Gasteiger partial charge in [-0.1, -0.05) is 23.8 Å². The van der Waals surface area contributed by atoms with Crippen molar-refractivity contribution in [2.75, 3.05) is 20.8 Å². The number of allylic oxidation sites excluding steroid dienone is 2. The molecule has 0 bridgehead atoms. The van der Waals surface area contributed by atoms with Gasteiger partial charge in [-0.05, 0) is 61.9 Å². The van der Waals surface area contributed by atoms with Crippen molar-refractivity contribution in [1.82, 2.24) is 0 Å². The van der Waals surface area contributed by atoms with Crippen molar-refractivity contribution in [3.05, 3.63) is 76.9 Å². The van der Waals surface area contributed by atoms with Crippen LogP contribution in [0.15, 0.2) is 60.2 Å². The summed E-state index contributed by atoms with van der Waals surface area (Å²) in [7, 11) is 3.05. The lowest BCUT2D eigenvalue weighted by molar-refractivity contribution is 0.0549. The monoisotopic (exact) mass is 380 g/mol. The molecule has 0 radical (unpaired) electrons. The van der Waals surface area contributed by atoms with Gasteiger partial charge in [0.15, 0.2) is 5.78 Å². The lowest BCUT2D eigenvalue weighted by Crippen LogP contribution is -2.05. The second kappa shape index (κ2) is 10.1. The standard InChI is InChI=1S/C23H24O5/c1-16(2)13-14-28-23(25)18-8-5-17(6-9-18)7-11-21(24)20-15-19(26-3)10-12-22(20)27-4/h5-13,15H,14H2,1-4H3/b11-7+. The predicted octanol–water partition coefficient (Wildman–Crippen LogP) is 4.72. The van der Waals surface area contributed by atoms with Gasteiger partial charge in [0, 0.05) is 0 Å². The molecule has 0 aliphatic carbocycles. The number of methoxy groups -OCH3 is 2. The first-order valence-corrected chi connectivity index (χ1v) is 8.79. The van der Waals surface area contributed by atoms with Crippen molar-refractivity contribution >= 4 is 17.8 Å². The smallest absolute Gasteiger partial charge is 0.338 e. The molecule has 0 aliphatic heterocycles. The fourth-order valence-electron chi connectivity index (χ4n) is 2.37. The molecule has 0 heterocycles.